The molecule has 21 heavy (non-hydrogen) atoms. The number of carbonyl (C=O) groups is 1. The molecular formula is C11H6Cl2FNO5S. The fraction of sp³-hybridized carbons (Fsp3) is 0. The van der Waals surface area contributed by atoms with Crippen LogP contribution in [-0.4, -0.2) is 19.5 Å². The van der Waals surface area contributed by atoms with Crippen molar-refractivity contribution in [3.8, 4) is 0 Å². The molecule has 2 N–H and O–H groups in total. The summed E-state index contributed by atoms with van der Waals surface area (Å²) in [6.07, 6.45) is 0. The Kier molecular flexibility index (Phi) is 4.13. The van der Waals surface area contributed by atoms with Crippen LogP contribution in [0.15, 0.2) is 33.8 Å². The first-order chi connectivity index (χ1) is 9.70. The second kappa shape index (κ2) is 5.55. The van der Waals surface area contributed by atoms with E-state index in [1.165, 1.54) is 0 Å². The molecule has 0 bridgehead atoms. The topological polar surface area (TPSA) is 96.6 Å². The minimum absolute atomic E-state index is 0.0975. The van der Waals surface area contributed by atoms with Gasteiger partial charge in [-0.25, -0.2) is 9.18 Å². The van der Waals surface area contributed by atoms with E-state index < -0.39 is 32.7 Å². The summed E-state index contributed by atoms with van der Waals surface area (Å²) < 4.78 is 43.9. The van der Waals surface area contributed by atoms with E-state index >= 15 is 0 Å². The zero-order chi connectivity index (χ0) is 15.8. The summed E-state index contributed by atoms with van der Waals surface area (Å²) in [7, 11) is -4.19. The standard InChI is InChI=1S/C11H6Cl2FNO5S/c12-6-3-5(4-7(13)10(6)14)15-21(18,19)9-2-1-8(20-9)11(16)17/h1-4,15H,(H,16,17). The number of aromatic carboxylic acids is 1. The SMILES string of the molecule is O=C(O)c1ccc(S(=O)(=O)Nc2cc(Cl)c(F)c(Cl)c2)o1. The Hall–Kier alpha value is -1.77. The van der Waals surface area contributed by atoms with Crippen LogP contribution in [-0.2, 0) is 10.0 Å². The predicted octanol–water partition coefficient (Wildman–Crippen LogP) is 3.22. The first kappa shape index (κ1) is 15.6. The van der Waals surface area contributed by atoms with Crippen LogP contribution in [0.3, 0.4) is 0 Å². The molecule has 2 aromatic rings. The van der Waals surface area contributed by atoms with Crippen molar-refractivity contribution in [1.82, 2.24) is 0 Å². The van der Waals surface area contributed by atoms with E-state index in [4.69, 9.17) is 28.3 Å². The Morgan fingerprint density at radius 2 is 1.81 bits per heavy atom. The summed E-state index contributed by atoms with van der Waals surface area (Å²) in [5.41, 5.74) is -0.0975. The van der Waals surface area contributed by atoms with Gasteiger partial charge < -0.3 is 9.52 Å². The van der Waals surface area contributed by atoms with E-state index in [9.17, 15) is 17.6 Å². The van der Waals surface area contributed by atoms with E-state index in [1.807, 2.05) is 4.72 Å². The number of carboxylic acids is 1. The lowest BCUT2D eigenvalue weighted by Crippen LogP contribution is -2.12. The highest BCUT2D eigenvalue weighted by Crippen LogP contribution is 2.28. The van der Waals surface area contributed by atoms with Gasteiger partial charge in [-0.3, -0.25) is 4.72 Å². The van der Waals surface area contributed by atoms with E-state index in [0.29, 0.717) is 0 Å². The number of sulfonamides is 1. The monoisotopic (exact) mass is 353 g/mol. The third-order valence-corrected chi connectivity index (χ3v) is 4.10. The van der Waals surface area contributed by atoms with Gasteiger partial charge in [-0.2, -0.15) is 8.42 Å². The number of carboxylic acid groups (broad SMARTS) is 1. The molecule has 2 rings (SSSR count). The van der Waals surface area contributed by atoms with Gasteiger partial charge in [-0.15, -0.1) is 0 Å². The van der Waals surface area contributed by atoms with Crippen LogP contribution in [0, 0.1) is 5.82 Å². The molecule has 0 amide bonds. The van der Waals surface area contributed by atoms with Crippen molar-refractivity contribution in [3.63, 3.8) is 0 Å². The summed E-state index contributed by atoms with van der Waals surface area (Å²) in [5.74, 6) is -2.83. The smallest absolute Gasteiger partial charge is 0.371 e. The Labute approximate surface area is 128 Å². The molecule has 1 heterocycles. The highest BCUT2D eigenvalue weighted by molar-refractivity contribution is 7.92. The van der Waals surface area contributed by atoms with Gasteiger partial charge >= 0.3 is 5.97 Å². The van der Waals surface area contributed by atoms with Gasteiger partial charge in [0.15, 0.2) is 5.82 Å². The van der Waals surface area contributed by atoms with Gasteiger partial charge in [0.2, 0.25) is 10.9 Å². The molecule has 0 fully saturated rings. The Bertz CT molecular complexity index is 795. The first-order valence-electron chi connectivity index (χ1n) is 5.21. The van der Waals surface area contributed by atoms with Gasteiger partial charge in [0, 0.05) is 0 Å². The lowest BCUT2D eigenvalue weighted by molar-refractivity contribution is 0.0656. The van der Waals surface area contributed by atoms with Gasteiger partial charge in [0.1, 0.15) is 0 Å². The fourth-order valence-electron chi connectivity index (χ4n) is 1.40. The molecule has 0 aliphatic rings. The van der Waals surface area contributed by atoms with Crippen molar-refractivity contribution in [2.24, 2.45) is 0 Å². The van der Waals surface area contributed by atoms with Crippen LogP contribution in [0.5, 0.6) is 0 Å². The Morgan fingerprint density at radius 3 is 2.29 bits per heavy atom. The first-order valence-corrected chi connectivity index (χ1v) is 7.45. The third kappa shape index (κ3) is 3.29. The van der Waals surface area contributed by atoms with E-state index in [-0.39, 0.29) is 15.7 Å². The maximum atomic E-state index is 13.2. The van der Waals surface area contributed by atoms with Crippen LogP contribution in [0.4, 0.5) is 10.1 Å². The molecule has 0 aliphatic carbocycles. The molecule has 0 saturated heterocycles. The summed E-state index contributed by atoms with van der Waals surface area (Å²) in [5, 5.41) is 7.32. The van der Waals surface area contributed by atoms with E-state index in [2.05, 4.69) is 4.42 Å². The van der Waals surface area contributed by atoms with Crippen molar-refractivity contribution < 1.29 is 27.1 Å². The highest BCUT2D eigenvalue weighted by atomic mass is 35.5. The van der Waals surface area contributed by atoms with Gasteiger partial charge in [-0.1, -0.05) is 23.2 Å². The highest BCUT2D eigenvalue weighted by Gasteiger charge is 2.22. The van der Waals surface area contributed by atoms with Crippen LogP contribution >= 0.6 is 23.2 Å². The number of rotatable bonds is 4. The Balaban J connectivity index is 2.35. The minimum Gasteiger partial charge on any atom is -0.475 e. The van der Waals surface area contributed by atoms with Crippen LogP contribution < -0.4 is 4.72 Å². The van der Waals surface area contributed by atoms with E-state index in [0.717, 1.165) is 24.3 Å². The van der Waals surface area contributed by atoms with Crippen molar-refractivity contribution in [1.29, 1.82) is 0 Å². The van der Waals surface area contributed by atoms with Crippen molar-refractivity contribution in [2.45, 2.75) is 5.09 Å². The molecule has 112 valence electrons. The largest absolute Gasteiger partial charge is 0.475 e. The van der Waals surface area contributed by atoms with Gasteiger partial charge in [0.05, 0.1) is 15.7 Å². The van der Waals surface area contributed by atoms with Crippen molar-refractivity contribution in [2.75, 3.05) is 4.72 Å². The molecule has 0 aliphatic heterocycles. The molecule has 6 nitrogen and oxygen atoms in total. The Morgan fingerprint density at radius 1 is 1.24 bits per heavy atom. The number of halogens is 3. The molecular weight excluding hydrogens is 348 g/mol. The van der Waals surface area contributed by atoms with Crippen LogP contribution in [0.2, 0.25) is 10.0 Å². The van der Waals surface area contributed by atoms with Crippen molar-refractivity contribution >= 4 is 44.9 Å². The molecule has 1 aromatic heterocycles. The number of hydrogen-bond acceptors (Lipinski definition) is 4. The lowest BCUT2D eigenvalue weighted by Gasteiger charge is -2.07. The lowest BCUT2D eigenvalue weighted by atomic mass is 10.3. The summed E-state index contributed by atoms with van der Waals surface area (Å²) in [6.45, 7) is 0. The number of anilines is 1. The summed E-state index contributed by atoms with van der Waals surface area (Å²) in [4.78, 5) is 10.6. The molecule has 0 unspecified atom stereocenters. The maximum absolute atomic E-state index is 13.2. The molecule has 0 atom stereocenters. The second-order valence-corrected chi connectivity index (χ2v) is 6.21. The molecule has 1 aromatic carbocycles. The normalized spacial score (nSPS) is 11.4. The number of nitrogens with one attached hydrogen (secondary N) is 1. The maximum Gasteiger partial charge on any atom is 0.371 e. The zero-order valence-electron chi connectivity index (χ0n) is 9.93. The average molecular weight is 354 g/mol. The minimum atomic E-state index is -4.19. The average Bonchev–Trinajstić information content (AvgIpc) is 2.85. The number of hydrogen-bond donors (Lipinski definition) is 2. The van der Waals surface area contributed by atoms with E-state index in [1.54, 1.807) is 0 Å². The summed E-state index contributed by atoms with van der Waals surface area (Å²) in [6, 6.07) is 3.99. The fourth-order valence-corrected chi connectivity index (χ4v) is 2.86. The summed E-state index contributed by atoms with van der Waals surface area (Å²) >= 11 is 11.1. The van der Waals surface area contributed by atoms with Crippen LogP contribution in [0.1, 0.15) is 10.6 Å². The molecule has 0 spiro atoms. The molecule has 0 saturated carbocycles. The molecule has 0 radical (unpaired) electrons. The van der Waals surface area contributed by atoms with Gasteiger partial charge in [0.25, 0.3) is 10.0 Å². The number of furan rings is 1. The zero-order valence-corrected chi connectivity index (χ0v) is 12.3. The third-order valence-electron chi connectivity index (χ3n) is 2.29. The quantitative estimate of drug-likeness (QED) is 0.822. The van der Waals surface area contributed by atoms with Gasteiger partial charge in [-0.05, 0) is 24.3 Å². The number of benzene rings is 1. The molecule has 10 heteroatoms. The second-order valence-electron chi connectivity index (χ2n) is 3.78. The van der Waals surface area contributed by atoms with Crippen molar-refractivity contribution in [3.05, 3.63) is 45.9 Å². The van der Waals surface area contributed by atoms with Crippen LogP contribution in [0.25, 0.3) is 0 Å². The predicted molar refractivity (Wildman–Crippen MR) is 72.9 cm³/mol.